The largest absolute Gasteiger partial charge is 0.342 e. The fraction of sp³-hybridized carbons (Fsp3) is 0.385. The summed E-state index contributed by atoms with van der Waals surface area (Å²) in [5.41, 5.74) is 3.26. The number of aromatic nitrogens is 1. The van der Waals surface area contributed by atoms with Crippen LogP contribution in [0.15, 0.2) is 42.5 Å². The number of benzene rings is 2. The lowest BCUT2D eigenvalue weighted by Gasteiger charge is -2.34. The van der Waals surface area contributed by atoms with Crippen molar-refractivity contribution in [2.75, 3.05) is 18.4 Å². The Labute approximate surface area is 196 Å². The number of carbonyl (C=O) groups excluding carboxylic acids is 3. The summed E-state index contributed by atoms with van der Waals surface area (Å²) in [6.45, 7) is 3.29. The van der Waals surface area contributed by atoms with Crippen LogP contribution in [0.2, 0.25) is 0 Å². The van der Waals surface area contributed by atoms with Crippen molar-refractivity contribution in [2.45, 2.75) is 38.5 Å². The molecule has 1 aliphatic heterocycles. The monoisotopic (exact) mass is 459 g/mol. The van der Waals surface area contributed by atoms with Gasteiger partial charge in [-0.25, -0.2) is 4.98 Å². The number of amides is 2. The third kappa shape index (κ3) is 3.46. The quantitative estimate of drug-likeness (QED) is 0.624. The average molecular weight is 460 g/mol. The summed E-state index contributed by atoms with van der Waals surface area (Å²) in [6.07, 6.45) is 2.82. The molecule has 2 amide bonds. The number of thiazole rings is 1. The van der Waals surface area contributed by atoms with Gasteiger partial charge < -0.3 is 10.2 Å². The first-order valence-corrected chi connectivity index (χ1v) is 12.3. The zero-order valence-corrected chi connectivity index (χ0v) is 19.3. The second-order valence-electron chi connectivity index (χ2n) is 9.62. The van der Waals surface area contributed by atoms with Gasteiger partial charge in [0.05, 0.1) is 21.1 Å². The zero-order valence-electron chi connectivity index (χ0n) is 18.5. The SMILES string of the molecule is Cc1nc2cc(NC(=O)[C@@H]3CC34CCN(C(=O)[C@H]3CC(=O)c5ccccc53)CC4)ccc2s1. The molecular formula is C26H25N3O3S. The third-order valence-corrected chi connectivity index (χ3v) is 8.62. The molecule has 2 heterocycles. The maximum absolute atomic E-state index is 13.2. The standard InChI is InChI=1S/C26H25N3O3S/c1-15-27-21-12-16(6-7-23(21)33-15)28-24(31)20-14-26(20)8-10-29(11-9-26)25(32)19-13-22(30)18-5-3-2-4-17(18)19/h2-7,12,19-20H,8-11,13-14H2,1H3,(H,28,31)/t19-,20-/m0/s1. The van der Waals surface area contributed by atoms with Gasteiger partial charge in [-0.3, -0.25) is 14.4 Å². The average Bonchev–Trinajstić information content (AvgIpc) is 3.21. The fourth-order valence-electron chi connectivity index (χ4n) is 5.69. The molecule has 2 aromatic carbocycles. The van der Waals surface area contributed by atoms with Crippen molar-refractivity contribution in [1.82, 2.24) is 9.88 Å². The Hall–Kier alpha value is -3.06. The number of ketones is 1. The lowest BCUT2D eigenvalue weighted by atomic mass is 9.89. The molecule has 0 unspecified atom stereocenters. The number of likely N-dealkylation sites (tertiary alicyclic amines) is 1. The van der Waals surface area contributed by atoms with Gasteiger partial charge in [0, 0.05) is 36.7 Å². The highest BCUT2D eigenvalue weighted by molar-refractivity contribution is 7.18. The first-order valence-electron chi connectivity index (χ1n) is 11.5. The highest BCUT2D eigenvalue weighted by Crippen LogP contribution is 2.60. The summed E-state index contributed by atoms with van der Waals surface area (Å²) in [4.78, 5) is 44.8. The highest BCUT2D eigenvalue weighted by atomic mass is 32.1. The van der Waals surface area contributed by atoms with Gasteiger partial charge >= 0.3 is 0 Å². The second kappa shape index (κ2) is 7.48. The first-order chi connectivity index (χ1) is 15.9. The molecule has 1 saturated heterocycles. The summed E-state index contributed by atoms with van der Waals surface area (Å²) in [5, 5.41) is 4.09. The van der Waals surface area contributed by atoms with Gasteiger partial charge in [-0.15, -0.1) is 11.3 Å². The van der Waals surface area contributed by atoms with Crippen LogP contribution in [0, 0.1) is 18.3 Å². The minimum atomic E-state index is -0.356. The van der Waals surface area contributed by atoms with E-state index in [1.54, 1.807) is 11.3 Å². The summed E-state index contributed by atoms with van der Waals surface area (Å²) in [7, 11) is 0. The van der Waals surface area contributed by atoms with Gasteiger partial charge in [-0.2, -0.15) is 0 Å². The van der Waals surface area contributed by atoms with Crippen LogP contribution in [-0.4, -0.2) is 40.6 Å². The predicted octanol–water partition coefficient (Wildman–Crippen LogP) is 4.54. The summed E-state index contributed by atoms with van der Waals surface area (Å²) < 4.78 is 1.12. The van der Waals surface area contributed by atoms with E-state index >= 15 is 0 Å². The Bertz CT molecular complexity index is 1310. The van der Waals surface area contributed by atoms with E-state index in [9.17, 15) is 14.4 Å². The smallest absolute Gasteiger partial charge is 0.230 e. The molecule has 6 rings (SSSR count). The Kier molecular flexibility index (Phi) is 4.66. The van der Waals surface area contributed by atoms with Crippen LogP contribution in [0.1, 0.15) is 52.5 Å². The Morgan fingerprint density at radius 3 is 2.76 bits per heavy atom. The van der Waals surface area contributed by atoms with Gasteiger partial charge in [-0.05, 0) is 55.4 Å². The van der Waals surface area contributed by atoms with Crippen molar-refractivity contribution in [3.63, 3.8) is 0 Å². The van der Waals surface area contributed by atoms with Crippen LogP contribution in [0.25, 0.3) is 10.2 Å². The van der Waals surface area contributed by atoms with E-state index < -0.39 is 0 Å². The minimum Gasteiger partial charge on any atom is -0.342 e. The summed E-state index contributed by atoms with van der Waals surface area (Å²) in [5.74, 6) is -0.183. The van der Waals surface area contributed by atoms with Crippen LogP contribution >= 0.6 is 11.3 Å². The van der Waals surface area contributed by atoms with Crippen LogP contribution in [-0.2, 0) is 9.59 Å². The fourth-order valence-corrected chi connectivity index (χ4v) is 6.50. The number of nitrogens with zero attached hydrogens (tertiary/aromatic N) is 2. The van der Waals surface area contributed by atoms with Crippen LogP contribution in [0.5, 0.6) is 0 Å². The molecule has 0 bridgehead atoms. The molecule has 1 spiro atoms. The topological polar surface area (TPSA) is 79.4 Å². The molecule has 2 fully saturated rings. The van der Waals surface area contributed by atoms with E-state index in [-0.39, 0.29) is 41.3 Å². The number of carbonyl (C=O) groups is 3. The molecule has 33 heavy (non-hydrogen) atoms. The van der Waals surface area contributed by atoms with E-state index in [1.807, 2.05) is 54.3 Å². The molecule has 3 aliphatic rings. The van der Waals surface area contributed by atoms with Crippen molar-refractivity contribution in [2.24, 2.45) is 11.3 Å². The molecular weight excluding hydrogens is 434 g/mol. The molecule has 2 aliphatic carbocycles. The number of anilines is 1. The normalized spacial score (nSPS) is 23.1. The lowest BCUT2D eigenvalue weighted by molar-refractivity contribution is -0.134. The molecule has 1 saturated carbocycles. The Balaban J connectivity index is 1.08. The van der Waals surface area contributed by atoms with Gasteiger partial charge in [-0.1, -0.05) is 24.3 Å². The number of aryl methyl sites for hydroxylation is 1. The molecule has 6 nitrogen and oxygen atoms in total. The molecule has 168 valence electrons. The molecule has 2 atom stereocenters. The summed E-state index contributed by atoms with van der Waals surface area (Å²) in [6, 6.07) is 13.3. The number of rotatable bonds is 3. The number of nitrogens with one attached hydrogen (secondary N) is 1. The van der Waals surface area contributed by atoms with Crippen molar-refractivity contribution in [3.8, 4) is 0 Å². The molecule has 1 N–H and O–H groups in total. The molecule has 1 aromatic heterocycles. The first kappa shape index (κ1) is 20.5. The van der Waals surface area contributed by atoms with Crippen molar-refractivity contribution >= 4 is 44.8 Å². The number of hydrogen-bond donors (Lipinski definition) is 1. The molecule has 0 radical (unpaired) electrons. The van der Waals surface area contributed by atoms with Crippen molar-refractivity contribution < 1.29 is 14.4 Å². The number of hydrogen-bond acceptors (Lipinski definition) is 5. The zero-order chi connectivity index (χ0) is 22.7. The van der Waals surface area contributed by atoms with E-state index in [4.69, 9.17) is 0 Å². The lowest BCUT2D eigenvalue weighted by Crippen LogP contribution is -2.42. The third-order valence-electron chi connectivity index (χ3n) is 7.66. The summed E-state index contributed by atoms with van der Waals surface area (Å²) >= 11 is 1.65. The van der Waals surface area contributed by atoms with Gasteiger partial charge in [0.1, 0.15) is 0 Å². The molecule has 3 aromatic rings. The van der Waals surface area contributed by atoms with Crippen molar-refractivity contribution in [1.29, 1.82) is 0 Å². The number of Topliss-reactive ketones (excluding diaryl/α,β-unsaturated/α-hetero) is 1. The maximum Gasteiger partial charge on any atom is 0.230 e. The maximum atomic E-state index is 13.2. The Morgan fingerprint density at radius 2 is 1.94 bits per heavy atom. The van der Waals surface area contributed by atoms with E-state index in [0.29, 0.717) is 18.7 Å². The van der Waals surface area contributed by atoms with Crippen LogP contribution in [0.3, 0.4) is 0 Å². The van der Waals surface area contributed by atoms with E-state index in [2.05, 4.69) is 10.3 Å². The second-order valence-corrected chi connectivity index (χ2v) is 10.9. The van der Waals surface area contributed by atoms with Crippen LogP contribution in [0.4, 0.5) is 5.69 Å². The van der Waals surface area contributed by atoms with Crippen molar-refractivity contribution in [3.05, 3.63) is 58.6 Å². The number of piperidine rings is 1. The number of fused-ring (bicyclic) bond motifs is 2. The van der Waals surface area contributed by atoms with E-state index in [0.717, 1.165) is 45.7 Å². The van der Waals surface area contributed by atoms with Gasteiger partial charge in [0.25, 0.3) is 0 Å². The van der Waals surface area contributed by atoms with Gasteiger partial charge in [0.2, 0.25) is 11.8 Å². The minimum absolute atomic E-state index is 0.00333. The Morgan fingerprint density at radius 1 is 1.15 bits per heavy atom. The highest BCUT2D eigenvalue weighted by Gasteiger charge is 2.59. The predicted molar refractivity (Wildman–Crippen MR) is 127 cm³/mol. The van der Waals surface area contributed by atoms with E-state index in [1.165, 1.54) is 0 Å². The molecule has 7 heteroatoms. The van der Waals surface area contributed by atoms with Gasteiger partial charge in [0.15, 0.2) is 5.78 Å². The van der Waals surface area contributed by atoms with Crippen LogP contribution < -0.4 is 5.32 Å².